The second kappa shape index (κ2) is 6.38. The van der Waals surface area contributed by atoms with Crippen molar-refractivity contribution in [2.75, 3.05) is 11.8 Å². The molecule has 1 unspecified atom stereocenters. The van der Waals surface area contributed by atoms with E-state index in [0.29, 0.717) is 0 Å². The minimum absolute atomic E-state index is 0.141. The molecule has 26 heavy (non-hydrogen) atoms. The summed E-state index contributed by atoms with van der Waals surface area (Å²) >= 11 is 0. The van der Waals surface area contributed by atoms with Crippen LogP contribution in [0.3, 0.4) is 0 Å². The fourth-order valence-electron chi connectivity index (χ4n) is 2.26. The number of halogens is 1. The van der Waals surface area contributed by atoms with Gasteiger partial charge in [0.05, 0.1) is 25.1 Å². The van der Waals surface area contributed by atoms with Crippen LogP contribution in [0, 0.1) is 5.82 Å². The maximum Gasteiger partial charge on any atom is 0.319 e. The van der Waals surface area contributed by atoms with Crippen molar-refractivity contribution >= 4 is 21.4 Å². The van der Waals surface area contributed by atoms with Crippen LogP contribution >= 0.6 is 0 Å². The number of aromatic nitrogens is 4. The van der Waals surface area contributed by atoms with Crippen molar-refractivity contribution in [1.82, 2.24) is 19.6 Å². The van der Waals surface area contributed by atoms with E-state index < -0.39 is 38.5 Å². The molecule has 0 aliphatic heterocycles. The SMILES string of the molecule is COc1ncc(F)c2nc(S(=O)(=O)Nc3c(O)cccc3C(C)O)nn12. The first kappa shape index (κ1) is 17.8. The summed E-state index contributed by atoms with van der Waals surface area (Å²) in [5, 5.41) is 22.6. The Morgan fingerprint density at radius 3 is 2.77 bits per heavy atom. The Morgan fingerprint density at radius 2 is 2.12 bits per heavy atom. The predicted octanol–water partition coefficient (Wildman–Crippen LogP) is 0.832. The largest absolute Gasteiger partial charge is 0.506 e. The van der Waals surface area contributed by atoms with Crippen LogP contribution in [-0.2, 0) is 10.0 Å². The molecule has 10 nitrogen and oxygen atoms in total. The van der Waals surface area contributed by atoms with E-state index in [9.17, 15) is 23.0 Å². The van der Waals surface area contributed by atoms with Gasteiger partial charge in [0.15, 0.2) is 11.5 Å². The number of nitrogens with one attached hydrogen (secondary N) is 1. The third kappa shape index (κ3) is 2.99. The topological polar surface area (TPSA) is 139 Å². The van der Waals surface area contributed by atoms with Gasteiger partial charge in [0.2, 0.25) is 0 Å². The second-order valence-corrected chi connectivity index (χ2v) is 6.82. The van der Waals surface area contributed by atoms with Gasteiger partial charge in [-0.15, -0.1) is 5.10 Å². The molecule has 1 atom stereocenters. The second-order valence-electron chi connectivity index (χ2n) is 5.25. The van der Waals surface area contributed by atoms with Crippen molar-refractivity contribution in [3.8, 4) is 11.8 Å². The highest BCUT2D eigenvalue weighted by Crippen LogP contribution is 2.33. The maximum absolute atomic E-state index is 13.8. The van der Waals surface area contributed by atoms with Crippen molar-refractivity contribution < 1.29 is 27.8 Å². The quantitative estimate of drug-likeness (QED) is 0.551. The summed E-state index contributed by atoms with van der Waals surface area (Å²) in [6.07, 6.45) is -0.239. The summed E-state index contributed by atoms with van der Waals surface area (Å²) in [4.78, 5) is 7.29. The Hall–Kier alpha value is -2.99. The number of methoxy groups -OCH3 is 1. The number of ether oxygens (including phenoxy) is 1. The number of anilines is 1. The van der Waals surface area contributed by atoms with Crippen LogP contribution in [-0.4, -0.2) is 45.3 Å². The van der Waals surface area contributed by atoms with Gasteiger partial charge in [0.25, 0.3) is 15.2 Å². The summed E-state index contributed by atoms with van der Waals surface area (Å²) in [6.45, 7) is 1.40. The third-order valence-corrected chi connectivity index (χ3v) is 4.58. The van der Waals surface area contributed by atoms with E-state index in [1.165, 1.54) is 32.2 Å². The summed E-state index contributed by atoms with van der Waals surface area (Å²) in [7, 11) is -3.15. The number of fused-ring (bicyclic) bond motifs is 1. The molecule has 138 valence electrons. The molecule has 0 aliphatic carbocycles. The molecule has 2 aromatic heterocycles. The average Bonchev–Trinajstić information content (AvgIpc) is 3.04. The van der Waals surface area contributed by atoms with Crippen molar-refractivity contribution in [2.24, 2.45) is 0 Å². The Labute approximate surface area is 147 Å². The first-order chi connectivity index (χ1) is 12.2. The molecule has 0 saturated heterocycles. The molecular weight excluding hydrogens is 369 g/mol. The van der Waals surface area contributed by atoms with Gasteiger partial charge < -0.3 is 14.9 Å². The summed E-state index contributed by atoms with van der Waals surface area (Å²) in [5.41, 5.74) is -0.486. The van der Waals surface area contributed by atoms with Gasteiger partial charge in [0.1, 0.15) is 5.75 Å². The molecule has 3 rings (SSSR count). The monoisotopic (exact) mass is 383 g/mol. The number of rotatable bonds is 5. The average molecular weight is 383 g/mol. The number of hydrogen-bond donors (Lipinski definition) is 3. The van der Waals surface area contributed by atoms with Gasteiger partial charge in [-0.25, -0.2) is 9.37 Å². The van der Waals surface area contributed by atoms with Crippen LogP contribution in [0.5, 0.6) is 11.8 Å². The van der Waals surface area contributed by atoms with Crippen molar-refractivity contribution in [1.29, 1.82) is 0 Å². The fraction of sp³-hybridized carbons (Fsp3) is 0.214. The Morgan fingerprint density at radius 1 is 1.38 bits per heavy atom. The van der Waals surface area contributed by atoms with Gasteiger partial charge in [-0.1, -0.05) is 12.1 Å². The number of aliphatic hydroxyl groups excluding tert-OH is 1. The predicted molar refractivity (Wildman–Crippen MR) is 86.8 cm³/mol. The number of nitrogens with zero attached hydrogens (tertiary/aromatic N) is 4. The Balaban J connectivity index is 2.11. The van der Waals surface area contributed by atoms with Gasteiger partial charge in [0, 0.05) is 5.56 Å². The molecule has 0 aliphatic rings. The smallest absolute Gasteiger partial charge is 0.319 e. The Kier molecular flexibility index (Phi) is 4.38. The van der Waals surface area contributed by atoms with Crippen LogP contribution in [0.1, 0.15) is 18.6 Å². The lowest BCUT2D eigenvalue weighted by Gasteiger charge is -2.14. The first-order valence-electron chi connectivity index (χ1n) is 7.22. The van der Waals surface area contributed by atoms with Gasteiger partial charge in [-0.2, -0.15) is 17.9 Å². The standard InChI is InChI=1S/C14H14FN5O5S/c1-7(21)8-4-3-5-10(22)11(8)19-26(23,24)13-17-12-9(15)6-16-14(25-2)20(12)18-13/h3-7,19,21-22H,1-2H3. The molecule has 12 heteroatoms. The summed E-state index contributed by atoms with van der Waals surface area (Å²) in [5.74, 6) is -1.30. The molecule has 0 fully saturated rings. The highest BCUT2D eigenvalue weighted by molar-refractivity contribution is 7.92. The fourth-order valence-corrected chi connectivity index (χ4v) is 3.23. The molecule has 0 radical (unpaired) electrons. The maximum atomic E-state index is 13.8. The molecule has 3 aromatic rings. The van der Waals surface area contributed by atoms with Gasteiger partial charge >= 0.3 is 6.01 Å². The van der Waals surface area contributed by atoms with Crippen molar-refractivity contribution in [3.05, 3.63) is 35.8 Å². The van der Waals surface area contributed by atoms with Crippen LogP contribution in [0.15, 0.2) is 29.6 Å². The number of aromatic hydroxyl groups is 1. The van der Waals surface area contributed by atoms with E-state index in [0.717, 1.165) is 10.7 Å². The third-order valence-electron chi connectivity index (χ3n) is 3.45. The number of hydrogen-bond acceptors (Lipinski definition) is 8. The molecule has 1 aromatic carbocycles. The number of sulfonamides is 1. The lowest BCUT2D eigenvalue weighted by Crippen LogP contribution is -2.16. The van der Waals surface area contributed by atoms with Gasteiger partial charge in [-0.05, 0) is 13.0 Å². The molecule has 0 amide bonds. The van der Waals surface area contributed by atoms with E-state index >= 15 is 0 Å². The lowest BCUT2D eigenvalue weighted by atomic mass is 10.1. The van der Waals surface area contributed by atoms with Crippen LogP contribution in [0.4, 0.5) is 10.1 Å². The van der Waals surface area contributed by atoms with Gasteiger partial charge in [-0.3, -0.25) is 4.72 Å². The minimum atomic E-state index is -4.41. The summed E-state index contributed by atoms with van der Waals surface area (Å²) < 4.78 is 46.8. The molecule has 3 N–H and O–H groups in total. The number of aliphatic hydroxyl groups is 1. The van der Waals surface area contributed by atoms with E-state index in [1.54, 1.807) is 0 Å². The number of para-hydroxylation sites is 1. The van der Waals surface area contributed by atoms with Crippen LogP contribution in [0.25, 0.3) is 5.65 Å². The normalized spacial score (nSPS) is 12.9. The highest BCUT2D eigenvalue weighted by atomic mass is 32.2. The number of phenolic OH excluding ortho intramolecular Hbond substituents is 1. The first-order valence-corrected chi connectivity index (χ1v) is 8.71. The molecule has 0 saturated carbocycles. The number of benzene rings is 1. The molecule has 0 bridgehead atoms. The van der Waals surface area contributed by atoms with Crippen LogP contribution < -0.4 is 9.46 Å². The lowest BCUT2D eigenvalue weighted by molar-refractivity contribution is 0.199. The van der Waals surface area contributed by atoms with E-state index in [2.05, 4.69) is 19.8 Å². The van der Waals surface area contributed by atoms with Crippen molar-refractivity contribution in [2.45, 2.75) is 18.2 Å². The molecule has 2 heterocycles. The number of phenols is 1. The van der Waals surface area contributed by atoms with E-state index in [1.807, 2.05) is 0 Å². The molecule has 0 spiro atoms. The zero-order valence-electron chi connectivity index (χ0n) is 13.6. The zero-order chi connectivity index (χ0) is 19.1. The zero-order valence-corrected chi connectivity index (χ0v) is 14.4. The van der Waals surface area contributed by atoms with E-state index in [-0.39, 0.29) is 17.3 Å². The minimum Gasteiger partial charge on any atom is -0.506 e. The van der Waals surface area contributed by atoms with Crippen molar-refractivity contribution in [3.63, 3.8) is 0 Å². The Bertz CT molecular complexity index is 1080. The van der Waals surface area contributed by atoms with Crippen LogP contribution in [0.2, 0.25) is 0 Å². The van der Waals surface area contributed by atoms with E-state index in [4.69, 9.17) is 4.74 Å². The highest BCUT2D eigenvalue weighted by Gasteiger charge is 2.26. The molecular formula is C14H14FN5O5S. The summed E-state index contributed by atoms with van der Waals surface area (Å²) in [6, 6.07) is 3.96.